The molecule has 2 aromatic rings. The highest BCUT2D eigenvalue weighted by Crippen LogP contribution is 2.24. The van der Waals surface area contributed by atoms with Crippen molar-refractivity contribution >= 4 is 5.91 Å². The largest absolute Gasteiger partial charge is 0.478 e. The van der Waals surface area contributed by atoms with Crippen LogP contribution in [0.25, 0.3) is 0 Å². The Labute approximate surface area is 168 Å². The number of amides is 1. The average molecular weight is 388 g/mol. The Morgan fingerprint density at radius 3 is 2.29 bits per heavy atom. The Hall–Kier alpha value is -2.37. The fourth-order valence-electron chi connectivity index (χ4n) is 2.78. The zero-order chi connectivity index (χ0) is 19.7. The molecule has 2 atom stereocenters. The first-order valence-corrected chi connectivity index (χ1v) is 9.38. The molecule has 1 amide bonds. The summed E-state index contributed by atoms with van der Waals surface area (Å²) < 4.78 is 6.01. The molecule has 0 radical (unpaired) electrons. The molecule has 0 saturated carbocycles. The van der Waals surface area contributed by atoms with Crippen LogP contribution in [0, 0.1) is 0 Å². The van der Waals surface area contributed by atoms with E-state index in [1.54, 1.807) is 6.92 Å². The molecule has 3 N–H and O–H groups in total. The first kappa shape index (κ1) is 23.7. The Kier molecular flexibility index (Phi) is 9.69. The van der Waals surface area contributed by atoms with Crippen molar-refractivity contribution in [1.29, 1.82) is 0 Å². The van der Waals surface area contributed by atoms with E-state index in [9.17, 15) is 9.90 Å². The third-order valence-corrected chi connectivity index (χ3v) is 4.73. The number of ether oxygens (including phenoxy) is 1. The molecular weight excluding hydrogens is 354 g/mol. The van der Waals surface area contributed by atoms with Gasteiger partial charge in [-0.1, -0.05) is 56.8 Å². The molecule has 0 heterocycles. The maximum Gasteiger partial charge on any atom is 0.264 e. The maximum atomic E-state index is 12.9. The highest BCUT2D eigenvalue weighted by atomic mass is 16.5. The summed E-state index contributed by atoms with van der Waals surface area (Å²) >= 11 is 0. The monoisotopic (exact) mass is 387 g/mol. The van der Waals surface area contributed by atoms with Crippen LogP contribution in [0.3, 0.4) is 0 Å². The van der Waals surface area contributed by atoms with Crippen LogP contribution >= 0.6 is 0 Å². The zero-order valence-electron chi connectivity index (χ0n) is 16.0. The summed E-state index contributed by atoms with van der Waals surface area (Å²) in [4.78, 5) is 12.9. The zero-order valence-corrected chi connectivity index (χ0v) is 16.0. The average Bonchev–Trinajstić information content (AvgIpc) is 2.71. The van der Waals surface area contributed by atoms with Gasteiger partial charge in [0.1, 0.15) is 5.75 Å². The first-order chi connectivity index (χ1) is 13.0. The lowest BCUT2D eigenvalue weighted by Crippen LogP contribution is -2.50. The molecule has 0 aromatic heterocycles. The van der Waals surface area contributed by atoms with Gasteiger partial charge in [-0.25, -0.2) is 0 Å². The molecule has 5 nitrogen and oxygen atoms in total. The number of carbonyl (C=O) groups excluding carboxylic acids is 1. The Morgan fingerprint density at radius 2 is 1.75 bits per heavy atom. The molecule has 0 unspecified atom stereocenters. The number of carbonyl (C=O) groups is 1. The number of aliphatic hydroxyl groups is 2. The second-order valence-corrected chi connectivity index (χ2v) is 6.78. The topological polar surface area (TPSA) is 78.8 Å². The van der Waals surface area contributed by atoms with Gasteiger partial charge in [0.25, 0.3) is 5.91 Å². The first-order valence-electron chi connectivity index (χ1n) is 9.38. The van der Waals surface area contributed by atoms with Gasteiger partial charge >= 0.3 is 0 Å². The van der Waals surface area contributed by atoms with E-state index < -0.39 is 11.6 Å². The lowest BCUT2D eigenvalue weighted by molar-refractivity contribution is -0.137. The van der Waals surface area contributed by atoms with Crippen LogP contribution in [0.5, 0.6) is 5.75 Å². The van der Waals surface area contributed by atoms with Gasteiger partial charge in [0, 0.05) is 6.61 Å². The number of aryl methyl sites for hydroxylation is 1. The van der Waals surface area contributed by atoms with E-state index in [1.807, 2.05) is 61.5 Å². The van der Waals surface area contributed by atoms with Crippen LogP contribution in [0.2, 0.25) is 0 Å². The van der Waals surface area contributed by atoms with E-state index in [4.69, 9.17) is 9.84 Å². The molecule has 0 aliphatic carbocycles. The Bertz CT molecular complexity index is 702. The van der Waals surface area contributed by atoms with Crippen molar-refractivity contribution in [3.63, 3.8) is 0 Å². The van der Waals surface area contributed by atoms with Gasteiger partial charge in [-0.05, 0) is 49.4 Å². The van der Waals surface area contributed by atoms with Gasteiger partial charge in [0.2, 0.25) is 0 Å². The predicted molar refractivity (Wildman–Crippen MR) is 112 cm³/mol. The molecule has 0 bridgehead atoms. The summed E-state index contributed by atoms with van der Waals surface area (Å²) in [6.45, 7) is 3.63. The van der Waals surface area contributed by atoms with Gasteiger partial charge < -0.3 is 20.3 Å². The highest BCUT2D eigenvalue weighted by molar-refractivity contribution is 5.85. The fourth-order valence-corrected chi connectivity index (χ4v) is 2.78. The second-order valence-electron chi connectivity index (χ2n) is 6.78. The van der Waals surface area contributed by atoms with Crippen LogP contribution in [0.1, 0.15) is 51.3 Å². The molecule has 2 rings (SSSR count). The van der Waals surface area contributed by atoms with E-state index in [2.05, 4.69) is 5.32 Å². The number of hydrogen-bond donors (Lipinski definition) is 3. The van der Waals surface area contributed by atoms with Crippen molar-refractivity contribution in [1.82, 2.24) is 5.32 Å². The summed E-state index contributed by atoms with van der Waals surface area (Å²) in [5.74, 6) is 0.347. The number of hydrogen-bond acceptors (Lipinski definition) is 4. The molecule has 0 spiro atoms. The van der Waals surface area contributed by atoms with Crippen molar-refractivity contribution in [3.8, 4) is 5.75 Å². The van der Waals surface area contributed by atoms with Crippen molar-refractivity contribution in [2.75, 3.05) is 13.2 Å². The van der Waals surface area contributed by atoms with Gasteiger partial charge in [-0.2, -0.15) is 0 Å². The van der Waals surface area contributed by atoms with E-state index in [1.165, 1.54) is 0 Å². The third-order valence-electron chi connectivity index (χ3n) is 4.73. The van der Waals surface area contributed by atoms with Crippen LogP contribution < -0.4 is 10.1 Å². The number of rotatable bonds is 10. The Balaban J connectivity index is 0.00000392. The van der Waals surface area contributed by atoms with Crippen LogP contribution in [0.15, 0.2) is 54.6 Å². The molecule has 0 fully saturated rings. The smallest absolute Gasteiger partial charge is 0.264 e. The van der Waals surface area contributed by atoms with Crippen LogP contribution in [-0.4, -0.2) is 34.9 Å². The van der Waals surface area contributed by atoms with Gasteiger partial charge in [0.05, 0.1) is 12.6 Å². The van der Waals surface area contributed by atoms with Gasteiger partial charge in [0.15, 0.2) is 5.60 Å². The van der Waals surface area contributed by atoms with E-state index in [0.29, 0.717) is 12.2 Å². The predicted octanol–water partition coefficient (Wildman–Crippen LogP) is 3.64. The number of benzene rings is 2. The standard InChI is InChI=1S/C22H29NO4.CH4/c1-3-22(2,27-19-13-11-17(12-14-19)8-7-15-24)21(26)23-20(16-25)18-9-5-4-6-10-18;/h4-6,9-14,20,24-25H,3,7-8,15-16H2,1-2H3,(H,23,26);1H4/t20-,22+;/m0./s1. The van der Waals surface area contributed by atoms with Crippen molar-refractivity contribution in [2.45, 2.75) is 52.2 Å². The van der Waals surface area contributed by atoms with E-state index >= 15 is 0 Å². The molecule has 2 aromatic carbocycles. The molecule has 5 heteroatoms. The number of nitrogens with one attached hydrogen (secondary N) is 1. The third kappa shape index (κ3) is 6.36. The number of aliphatic hydroxyl groups excluding tert-OH is 2. The summed E-state index contributed by atoms with van der Waals surface area (Å²) in [6.07, 6.45) is 2.01. The fraction of sp³-hybridized carbons (Fsp3) is 0.435. The lowest BCUT2D eigenvalue weighted by Gasteiger charge is -2.30. The minimum absolute atomic E-state index is 0. The molecule has 0 aliphatic rings. The second kappa shape index (κ2) is 11.5. The van der Waals surface area contributed by atoms with E-state index in [-0.39, 0.29) is 26.5 Å². The Morgan fingerprint density at radius 1 is 1.11 bits per heavy atom. The SMILES string of the molecule is C.CC[C@@](C)(Oc1ccc(CCCO)cc1)C(=O)N[C@@H](CO)c1ccccc1. The summed E-state index contributed by atoms with van der Waals surface area (Å²) in [6, 6.07) is 16.5. The lowest BCUT2D eigenvalue weighted by atomic mass is 10.00. The summed E-state index contributed by atoms with van der Waals surface area (Å²) in [7, 11) is 0. The van der Waals surface area contributed by atoms with Crippen molar-refractivity contribution in [2.24, 2.45) is 0 Å². The van der Waals surface area contributed by atoms with E-state index in [0.717, 1.165) is 24.0 Å². The molecule has 154 valence electrons. The van der Waals surface area contributed by atoms with Crippen molar-refractivity contribution in [3.05, 3.63) is 65.7 Å². The van der Waals surface area contributed by atoms with Crippen molar-refractivity contribution < 1.29 is 19.7 Å². The highest BCUT2D eigenvalue weighted by Gasteiger charge is 2.35. The minimum atomic E-state index is -1.05. The summed E-state index contributed by atoms with van der Waals surface area (Å²) in [5.41, 5.74) is 0.915. The summed E-state index contributed by atoms with van der Waals surface area (Å²) in [5, 5.41) is 21.5. The van der Waals surface area contributed by atoms with Crippen LogP contribution in [0.4, 0.5) is 0 Å². The molecule has 28 heavy (non-hydrogen) atoms. The molecule has 0 aliphatic heterocycles. The quantitative estimate of drug-likeness (QED) is 0.581. The van der Waals surface area contributed by atoms with Gasteiger partial charge in [-0.15, -0.1) is 0 Å². The maximum absolute atomic E-state index is 12.9. The van der Waals surface area contributed by atoms with Gasteiger partial charge in [-0.3, -0.25) is 4.79 Å². The molecule has 0 saturated heterocycles. The molecular formula is C23H33NO4. The normalized spacial score (nSPS) is 13.7. The van der Waals surface area contributed by atoms with Crippen LogP contribution in [-0.2, 0) is 11.2 Å². The minimum Gasteiger partial charge on any atom is -0.478 e.